The monoisotopic (exact) mass is 250 g/mol. The predicted octanol–water partition coefficient (Wildman–Crippen LogP) is 1.45. The zero-order valence-corrected chi connectivity index (χ0v) is 11.4. The number of hydrogen-bond acceptors (Lipinski definition) is 5. The summed E-state index contributed by atoms with van der Waals surface area (Å²) in [4.78, 5) is 11.1. The van der Waals surface area contributed by atoms with Gasteiger partial charge < -0.3 is 15.0 Å². The fraction of sp³-hybridized carbons (Fsp3) is 0.692. The van der Waals surface area contributed by atoms with Crippen LogP contribution in [-0.4, -0.2) is 41.7 Å². The van der Waals surface area contributed by atoms with Crippen LogP contribution in [0.5, 0.6) is 5.88 Å². The summed E-state index contributed by atoms with van der Waals surface area (Å²) >= 11 is 0. The van der Waals surface area contributed by atoms with Crippen molar-refractivity contribution >= 4 is 5.95 Å². The van der Waals surface area contributed by atoms with E-state index >= 15 is 0 Å². The highest BCUT2D eigenvalue weighted by Crippen LogP contribution is 2.18. The molecule has 0 aliphatic carbocycles. The molecule has 0 amide bonds. The molecule has 1 aliphatic rings. The number of nitrogens with one attached hydrogen (secondary N) is 1. The average Bonchev–Trinajstić information content (AvgIpc) is 2.25. The molecular weight excluding hydrogens is 228 g/mol. The first-order valence-corrected chi connectivity index (χ1v) is 6.67. The maximum absolute atomic E-state index is 5.62. The minimum absolute atomic E-state index is 0.137. The summed E-state index contributed by atoms with van der Waals surface area (Å²) in [6.45, 7) is 9.19. The molecule has 0 bridgehead atoms. The van der Waals surface area contributed by atoms with Gasteiger partial charge >= 0.3 is 0 Å². The Morgan fingerprint density at radius 3 is 2.83 bits per heavy atom. The Morgan fingerprint density at radius 2 is 2.28 bits per heavy atom. The van der Waals surface area contributed by atoms with Crippen molar-refractivity contribution in [2.45, 2.75) is 39.3 Å². The van der Waals surface area contributed by atoms with E-state index in [1.807, 2.05) is 19.9 Å². The molecule has 100 valence electrons. The summed E-state index contributed by atoms with van der Waals surface area (Å²) in [5.74, 6) is 1.44. The summed E-state index contributed by atoms with van der Waals surface area (Å²) in [7, 11) is 0. The lowest BCUT2D eigenvalue weighted by Gasteiger charge is -2.38. The normalized spacial score (nSPS) is 15.6. The summed E-state index contributed by atoms with van der Waals surface area (Å²) in [6, 6.07) is 2.33. The molecule has 0 unspecified atom stereocenters. The van der Waals surface area contributed by atoms with Gasteiger partial charge in [-0.05, 0) is 20.3 Å². The number of aromatic nitrogens is 2. The highest BCUT2D eigenvalue weighted by atomic mass is 16.5. The van der Waals surface area contributed by atoms with Crippen LogP contribution in [0.4, 0.5) is 5.95 Å². The van der Waals surface area contributed by atoms with Gasteiger partial charge in [0.25, 0.3) is 0 Å². The van der Waals surface area contributed by atoms with Crippen LogP contribution < -0.4 is 15.0 Å². The van der Waals surface area contributed by atoms with E-state index in [0.29, 0.717) is 11.9 Å². The van der Waals surface area contributed by atoms with Crippen LogP contribution in [0.15, 0.2) is 12.3 Å². The van der Waals surface area contributed by atoms with Gasteiger partial charge in [0.05, 0.1) is 12.1 Å². The Balaban J connectivity index is 2.13. The van der Waals surface area contributed by atoms with Gasteiger partial charge in [0.1, 0.15) is 0 Å². The second kappa shape index (κ2) is 6.00. The van der Waals surface area contributed by atoms with Crippen molar-refractivity contribution < 1.29 is 4.74 Å². The third kappa shape index (κ3) is 3.10. The van der Waals surface area contributed by atoms with E-state index in [4.69, 9.17) is 4.74 Å². The minimum atomic E-state index is 0.137. The number of hydrogen-bond donors (Lipinski definition) is 1. The smallest absolute Gasteiger partial charge is 0.228 e. The van der Waals surface area contributed by atoms with Gasteiger partial charge in [-0.3, -0.25) is 0 Å². The minimum Gasteiger partial charge on any atom is -0.475 e. The molecule has 0 radical (unpaired) electrons. The molecule has 1 aliphatic heterocycles. The molecule has 5 heteroatoms. The molecule has 1 N–H and O–H groups in total. The Kier molecular flexibility index (Phi) is 4.36. The molecule has 1 fully saturated rings. The molecule has 2 rings (SSSR count). The number of anilines is 1. The van der Waals surface area contributed by atoms with Crippen molar-refractivity contribution in [1.82, 2.24) is 15.3 Å². The predicted molar refractivity (Wildman–Crippen MR) is 72.1 cm³/mol. The highest BCUT2D eigenvalue weighted by Gasteiger charge is 2.26. The van der Waals surface area contributed by atoms with Crippen molar-refractivity contribution in [3.63, 3.8) is 0 Å². The maximum atomic E-state index is 5.62. The summed E-state index contributed by atoms with van der Waals surface area (Å²) in [5, 5.41) is 3.29. The van der Waals surface area contributed by atoms with Crippen LogP contribution in [0.1, 0.15) is 27.2 Å². The Morgan fingerprint density at radius 1 is 1.50 bits per heavy atom. The lowest BCUT2D eigenvalue weighted by atomic mass is 10.1. The molecule has 0 aromatic carbocycles. The Bertz CT molecular complexity index is 379. The topological polar surface area (TPSA) is 50.3 Å². The van der Waals surface area contributed by atoms with Gasteiger partial charge in [-0.15, -0.1) is 0 Å². The first-order chi connectivity index (χ1) is 8.70. The third-order valence-electron chi connectivity index (χ3n) is 2.90. The van der Waals surface area contributed by atoms with Gasteiger partial charge in [-0.1, -0.05) is 6.92 Å². The molecule has 5 nitrogen and oxygen atoms in total. The van der Waals surface area contributed by atoms with Crippen LogP contribution in [0.3, 0.4) is 0 Å². The first kappa shape index (κ1) is 13.1. The Labute approximate surface area is 109 Å². The van der Waals surface area contributed by atoms with Crippen molar-refractivity contribution in [3.05, 3.63) is 12.3 Å². The average molecular weight is 250 g/mol. The number of ether oxygens (including phenoxy) is 1. The molecule has 1 aromatic rings. The Hall–Kier alpha value is -1.36. The van der Waals surface area contributed by atoms with Crippen LogP contribution >= 0.6 is 0 Å². The fourth-order valence-electron chi connectivity index (χ4n) is 1.96. The molecule has 1 saturated heterocycles. The molecule has 0 spiro atoms. The maximum Gasteiger partial charge on any atom is 0.228 e. The third-order valence-corrected chi connectivity index (χ3v) is 2.90. The van der Waals surface area contributed by atoms with Gasteiger partial charge in [0.15, 0.2) is 0 Å². The van der Waals surface area contributed by atoms with E-state index in [0.717, 1.165) is 32.0 Å². The second-order valence-electron chi connectivity index (χ2n) is 4.87. The molecule has 18 heavy (non-hydrogen) atoms. The number of nitrogens with zero attached hydrogens (tertiary/aromatic N) is 3. The van der Waals surface area contributed by atoms with E-state index in [-0.39, 0.29) is 6.10 Å². The van der Waals surface area contributed by atoms with Crippen LogP contribution in [-0.2, 0) is 0 Å². The quantitative estimate of drug-likeness (QED) is 0.828. The van der Waals surface area contributed by atoms with Gasteiger partial charge in [-0.2, -0.15) is 4.98 Å². The molecule has 1 aromatic heterocycles. The summed E-state index contributed by atoms with van der Waals surface area (Å²) in [6.07, 6.45) is 3.00. The van der Waals surface area contributed by atoms with E-state index in [9.17, 15) is 0 Å². The second-order valence-corrected chi connectivity index (χ2v) is 4.87. The highest BCUT2D eigenvalue weighted by molar-refractivity contribution is 5.35. The van der Waals surface area contributed by atoms with Gasteiger partial charge in [0.2, 0.25) is 11.8 Å². The van der Waals surface area contributed by atoms with E-state index in [1.165, 1.54) is 0 Å². The van der Waals surface area contributed by atoms with E-state index in [2.05, 4.69) is 27.1 Å². The zero-order chi connectivity index (χ0) is 13.0. The standard InChI is InChI=1S/C13H22N4O/c1-4-7-17(11-8-14-9-11)13-15-6-5-12(16-13)18-10(2)3/h5-6,10-11,14H,4,7-9H2,1-3H3. The van der Waals surface area contributed by atoms with E-state index in [1.54, 1.807) is 6.20 Å². The molecule has 2 heterocycles. The number of rotatable bonds is 6. The molecule has 0 atom stereocenters. The lowest BCUT2D eigenvalue weighted by molar-refractivity contribution is 0.232. The lowest BCUT2D eigenvalue weighted by Crippen LogP contribution is -2.58. The van der Waals surface area contributed by atoms with Gasteiger partial charge in [-0.25, -0.2) is 4.98 Å². The fourth-order valence-corrected chi connectivity index (χ4v) is 1.96. The molecule has 0 saturated carbocycles. The SMILES string of the molecule is CCCN(c1nccc(OC(C)C)n1)C1CNC1. The van der Waals surface area contributed by atoms with Crippen LogP contribution in [0, 0.1) is 0 Å². The molecular formula is C13H22N4O. The van der Waals surface area contributed by atoms with Crippen molar-refractivity contribution in [3.8, 4) is 5.88 Å². The van der Waals surface area contributed by atoms with Gasteiger partial charge in [0, 0.05) is 31.9 Å². The van der Waals surface area contributed by atoms with Crippen molar-refractivity contribution in [2.75, 3.05) is 24.5 Å². The van der Waals surface area contributed by atoms with Crippen molar-refractivity contribution in [1.29, 1.82) is 0 Å². The summed E-state index contributed by atoms with van der Waals surface area (Å²) in [5.41, 5.74) is 0. The van der Waals surface area contributed by atoms with E-state index < -0.39 is 0 Å². The first-order valence-electron chi connectivity index (χ1n) is 6.67. The van der Waals surface area contributed by atoms with Crippen LogP contribution in [0.25, 0.3) is 0 Å². The zero-order valence-electron chi connectivity index (χ0n) is 11.4. The van der Waals surface area contributed by atoms with Crippen LogP contribution in [0.2, 0.25) is 0 Å². The summed E-state index contributed by atoms with van der Waals surface area (Å²) < 4.78 is 5.62. The largest absolute Gasteiger partial charge is 0.475 e. The van der Waals surface area contributed by atoms with Crippen molar-refractivity contribution in [2.24, 2.45) is 0 Å².